The Bertz CT molecular complexity index is 413. The van der Waals surface area contributed by atoms with Crippen LogP contribution in [-0.4, -0.2) is 35.9 Å². The fraction of sp³-hybridized carbons (Fsp3) is 0.867. The van der Waals surface area contributed by atoms with Crippen LogP contribution in [0.25, 0.3) is 0 Å². The van der Waals surface area contributed by atoms with Gasteiger partial charge in [-0.25, -0.2) is 0 Å². The van der Waals surface area contributed by atoms with Crippen LogP contribution >= 0.6 is 0 Å². The topological polar surface area (TPSA) is 60.2 Å². The number of likely N-dealkylation sites (N-methyl/N-ethyl adjacent to an activating group) is 1. The van der Waals surface area contributed by atoms with E-state index in [1.807, 2.05) is 0 Å². The van der Waals surface area contributed by atoms with Gasteiger partial charge >= 0.3 is 0 Å². The summed E-state index contributed by atoms with van der Waals surface area (Å²) in [5.41, 5.74) is 0. The van der Waals surface area contributed by atoms with Crippen LogP contribution in [0.15, 0.2) is 4.52 Å². The van der Waals surface area contributed by atoms with Gasteiger partial charge in [0.05, 0.1) is 19.1 Å². The molecule has 2 atom stereocenters. The minimum Gasteiger partial charge on any atom is -0.379 e. The molecule has 1 aromatic heterocycles. The molecule has 0 spiro atoms. The lowest BCUT2D eigenvalue weighted by atomic mass is 9.99. The van der Waals surface area contributed by atoms with Crippen LogP contribution < -0.4 is 5.32 Å². The lowest BCUT2D eigenvalue weighted by molar-refractivity contribution is 0.185. The molecule has 1 aromatic rings. The summed E-state index contributed by atoms with van der Waals surface area (Å²) in [5, 5.41) is 7.69. The van der Waals surface area contributed by atoms with Crippen molar-refractivity contribution in [3.8, 4) is 0 Å². The highest BCUT2D eigenvalue weighted by molar-refractivity contribution is 5.05. The third-order valence-corrected chi connectivity index (χ3v) is 4.54. The molecule has 0 amide bonds. The SMILES string of the molecule is CCNC1COCC1c1nc(C2CCCCCC2)no1. The number of ether oxygens (including phenoxy) is 1. The second-order valence-corrected chi connectivity index (χ2v) is 5.99. The zero-order chi connectivity index (χ0) is 13.8. The van der Waals surface area contributed by atoms with Gasteiger partial charge in [-0.05, 0) is 19.4 Å². The Balaban J connectivity index is 1.69. The van der Waals surface area contributed by atoms with Gasteiger partial charge in [-0.2, -0.15) is 4.98 Å². The maximum absolute atomic E-state index is 5.56. The molecule has 20 heavy (non-hydrogen) atoms. The van der Waals surface area contributed by atoms with E-state index in [4.69, 9.17) is 14.2 Å². The number of aromatic nitrogens is 2. The summed E-state index contributed by atoms with van der Waals surface area (Å²) < 4.78 is 11.1. The van der Waals surface area contributed by atoms with Crippen molar-refractivity contribution >= 4 is 0 Å². The molecule has 2 aliphatic rings. The first kappa shape index (κ1) is 14.0. The standard InChI is InChI=1S/C15H25N3O2/c1-2-16-13-10-19-9-12(13)15-17-14(18-20-15)11-7-5-3-4-6-8-11/h11-13,16H,2-10H2,1H3. The molecule has 1 aliphatic heterocycles. The third-order valence-electron chi connectivity index (χ3n) is 4.54. The normalized spacial score (nSPS) is 28.6. The maximum Gasteiger partial charge on any atom is 0.233 e. The third kappa shape index (κ3) is 3.04. The molecule has 1 aliphatic carbocycles. The minimum atomic E-state index is 0.210. The van der Waals surface area contributed by atoms with Crippen molar-refractivity contribution in [2.75, 3.05) is 19.8 Å². The molecule has 0 radical (unpaired) electrons. The molecule has 5 nitrogen and oxygen atoms in total. The van der Waals surface area contributed by atoms with Crippen LogP contribution in [-0.2, 0) is 4.74 Å². The number of hydrogen-bond acceptors (Lipinski definition) is 5. The molecule has 5 heteroatoms. The van der Waals surface area contributed by atoms with Crippen molar-refractivity contribution in [1.82, 2.24) is 15.5 Å². The largest absolute Gasteiger partial charge is 0.379 e. The van der Waals surface area contributed by atoms with Crippen LogP contribution in [0.2, 0.25) is 0 Å². The zero-order valence-electron chi connectivity index (χ0n) is 12.3. The Morgan fingerprint density at radius 3 is 2.70 bits per heavy atom. The summed E-state index contributed by atoms with van der Waals surface area (Å²) in [6.45, 7) is 4.47. The molecule has 0 aromatic carbocycles. The Kier molecular flexibility index (Phi) is 4.68. The number of hydrogen-bond donors (Lipinski definition) is 1. The van der Waals surface area contributed by atoms with Gasteiger partial charge in [0.2, 0.25) is 5.89 Å². The van der Waals surface area contributed by atoms with Crippen molar-refractivity contribution in [3.63, 3.8) is 0 Å². The van der Waals surface area contributed by atoms with Gasteiger partial charge in [-0.15, -0.1) is 0 Å². The van der Waals surface area contributed by atoms with Crippen LogP contribution in [0, 0.1) is 0 Å². The number of nitrogens with one attached hydrogen (secondary N) is 1. The van der Waals surface area contributed by atoms with E-state index in [-0.39, 0.29) is 5.92 Å². The Hall–Kier alpha value is -0.940. The molecule has 112 valence electrons. The molecule has 1 N–H and O–H groups in total. The molecule has 0 bridgehead atoms. The highest BCUT2D eigenvalue weighted by Crippen LogP contribution is 2.31. The molecular formula is C15H25N3O2. The summed E-state index contributed by atoms with van der Waals surface area (Å²) in [6.07, 6.45) is 7.69. The van der Waals surface area contributed by atoms with Gasteiger partial charge in [0, 0.05) is 12.0 Å². The van der Waals surface area contributed by atoms with Crippen LogP contribution in [0.3, 0.4) is 0 Å². The van der Waals surface area contributed by atoms with E-state index in [1.54, 1.807) is 0 Å². The number of rotatable bonds is 4. The lowest BCUT2D eigenvalue weighted by Gasteiger charge is -2.14. The first-order valence-electron chi connectivity index (χ1n) is 8.03. The first-order chi connectivity index (χ1) is 9.88. The van der Waals surface area contributed by atoms with Crippen molar-refractivity contribution in [2.45, 2.75) is 63.3 Å². The average Bonchev–Trinajstić information content (AvgIpc) is 3.02. The van der Waals surface area contributed by atoms with Crippen LogP contribution in [0.4, 0.5) is 0 Å². The van der Waals surface area contributed by atoms with E-state index in [1.165, 1.54) is 38.5 Å². The van der Waals surface area contributed by atoms with E-state index in [0.29, 0.717) is 18.6 Å². The molecule has 1 saturated carbocycles. The van der Waals surface area contributed by atoms with Gasteiger partial charge in [0.15, 0.2) is 5.82 Å². The van der Waals surface area contributed by atoms with E-state index in [2.05, 4.69) is 17.4 Å². The van der Waals surface area contributed by atoms with E-state index in [0.717, 1.165) is 24.9 Å². The van der Waals surface area contributed by atoms with Crippen molar-refractivity contribution in [3.05, 3.63) is 11.7 Å². The van der Waals surface area contributed by atoms with Gasteiger partial charge < -0.3 is 14.6 Å². The molecule has 3 rings (SSSR count). The van der Waals surface area contributed by atoms with Crippen molar-refractivity contribution in [2.24, 2.45) is 0 Å². The van der Waals surface area contributed by atoms with E-state index < -0.39 is 0 Å². The first-order valence-corrected chi connectivity index (χ1v) is 8.03. The summed E-state index contributed by atoms with van der Waals surface area (Å²) >= 11 is 0. The fourth-order valence-electron chi connectivity index (χ4n) is 3.36. The molecule has 1 saturated heterocycles. The van der Waals surface area contributed by atoms with Crippen LogP contribution in [0.1, 0.15) is 69.0 Å². The molecule has 2 heterocycles. The smallest absolute Gasteiger partial charge is 0.233 e. The number of nitrogens with zero attached hydrogens (tertiary/aromatic N) is 2. The fourth-order valence-corrected chi connectivity index (χ4v) is 3.36. The van der Waals surface area contributed by atoms with Gasteiger partial charge in [-0.3, -0.25) is 0 Å². The monoisotopic (exact) mass is 279 g/mol. The minimum absolute atomic E-state index is 0.210. The zero-order valence-corrected chi connectivity index (χ0v) is 12.3. The summed E-state index contributed by atoms with van der Waals surface area (Å²) in [6, 6.07) is 0.308. The Morgan fingerprint density at radius 2 is 1.95 bits per heavy atom. The Labute approximate surface area is 120 Å². The van der Waals surface area contributed by atoms with Crippen LogP contribution in [0.5, 0.6) is 0 Å². The van der Waals surface area contributed by atoms with Gasteiger partial charge in [-0.1, -0.05) is 37.8 Å². The predicted octanol–water partition coefficient (Wildman–Crippen LogP) is 2.60. The summed E-state index contributed by atoms with van der Waals surface area (Å²) in [7, 11) is 0. The van der Waals surface area contributed by atoms with Crippen molar-refractivity contribution in [1.29, 1.82) is 0 Å². The second kappa shape index (κ2) is 6.68. The predicted molar refractivity (Wildman–Crippen MR) is 75.8 cm³/mol. The highest BCUT2D eigenvalue weighted by atomic mass is 16.5. The van der Waals surface area contributed by atoms with Gasteiger partial charge in [0.25, 0.3) is 0 Å². The second-order valence-electron chi connectivity index (χ2n) is 5.99. The van der Waals surface area contributed by atoms with E-state index >= 15 is 0 Å². The molecular weight excluding hydrogens is 254 g/mol. The lowest BCUT2D eigenvalue weighted by Crippen LogP contribution is -2.34. The van der Waals surface area contributed by atoms with E-state index in [9.17, 15) is 0 Å². The van der Waals surface area contributed by atoms with Crippen molar-refractivity contribution < 1.29 is 9.26 Å². The highest BCUT2D eigenvalue weighted by Gasteiger charge is 2.34. The Morgan fingerprint density at radius 1 is 1.15 bits per heavy atom. The molecule has 2 fully saturated rings. The maximum atomic E-state index is 5.56. The molecule has 2 unspecified atom stereocenters. The summed E-state index contributed by atoms with van der Waals surface area (Å²) in [5.74, 6) is 2.38. The van der Waals surface area contributed by atoms with Gasteiger partial charge in [0.1, 0.15) is 0 Å². The average molecular weight is 279 g/mol. The quantitative estimate of drug-likeness (QED) is 0.858. The summed E-state index contributed by atoms with van der Waals surface area (Å²) in [4.78, 5) is 4.69.